The van der Waals surface area contributed by atoms with E-state index in [1.165, 1.54) is 19.3 Å². The number of hydrogen-bond acceptors (Lipinski definition) is 2. The van der Waals surface area contributed by atoms with Crippen molar-refractivity contribution in [2.75, 3.05) is 0 Å². The van der Waals surface area contributed by atoms with E-state index in [1.54, 1.807) is 0 Å². The number of carbonyl (C=O) groups excluding carboxylic acids is 1. The lowest BCUT2D eigenvalue weighted by Gasteiger charge is -2.30. The van der Waals surface area contributed by atoms with Gasteiger partial charge in [-0.25, -0.2) is 4.79 Å². The van der Waals surface area contributed by atoms with E-state index in [0.29, 0.717) is 12.0 Å². The number of amides is 2. The van der Waals surface area contributed by atoms with Gasteiger partial charge in [0.15, 0.2) is 0 Å². The van der Waals surface area contributed by atoms with Crippen LogP contribution in [-0.2, 0) is 7.05 Å². The summed E-state index contributed by atoms with van der Waals surface area (Å²) in [5, 5.41) is 10.9. The first kappa shape index (κ1) is 16.8. The van der Waals surface area contributed by atoms with Gasteiger partial charge < -0.3 is 10.6 Å². The first-order chi connectivity index (χ1) is 11.1. The second-order valence-electron chi connectivity index (χ2n) is 7.05. The number of aromatic nitrogens is 2. The standard InChI is InChI=1S/C17H27BrN4O/c1-22-11-15(18)16(21-22)12-6-5-9-14(10-12)20-17(23)19-13-7-3-2-4-8-13/h11-14H,2-10H2,1H3,(H2,19,20,23). The second kappa shape index (κ2) is 7.69. The third-order valence-corrected chi connectivity index (χ3v) is 5.76. The molecule has 23 heavy (non-hydrogen) atoms. The molecular formula is C17H27BrN4O. The largest absolute Gasteiger partial charge is 0.335 e. The Morgan fingerprint density at radius 2 is 1.83 bits per heavy atom. The molecule has 3 rings (SSSR count). The molecule has 0 radical (unpaired) electrons. The van der Waals surface area contributed by atoms with Gasteiger partial charge in [-0.3, -0.25) is 4.68 Å². The Morgan fingerprint density at radius 3 is 2.52 bits per heavy atom. The topological polar surface area (TPSA) is 59.0 Å². The molecule has 128 valence electrons. The van der Waals surface area contributed by atoms with Crippen molar-refractivity contribution in [2.45, 2.75) is 75.8 Å². The predicted molar refractivity (Wildman–Crippen MR) is 94.4 cm³/mol. The average molecular weight is 383 g/mol. The summed E-state index contributed by atoms with van der Waals surface area (Å²) in [6.07, 6.45) is 12.4. The molecule has 6 heteroatoms. The van der Waals surface area contributed by atoms with Crippen molar-refractivity contribution in [3.8, 4) is 0 Å². The second-order valence-corrected chi connectivity index (χ2v) is 7.90. The van der Waals surface area contributed by atoms with E-state index in [1.807, 2.05) is 17.9 Å². The Labute approximate surface area is 146 Å². The van der Waals surface area contributed by atoms with E-state index < -0.39 is 0 Å². The molecule has 0 bridgehead atoms. The van der Waals surface area contributed by atoms with Gasteiger partial charge in [-0.15, -0.1) is 0 Å². The number of aryl methyl sites for hydroxylation is 1. The van der Waals surface area contributed by atoms with Crippen LogP contribution in [0.3, 0.4) is 0 Å². The number of nitrogens with one attached hydrogen (secondary N) is 2. The highest BCUT2D eigenvalue weighted by molar-refractivity contribution is 9.10. The maximum atomic E-state index is 12.2. The van der Waals surface area contributed by atoms with Gasteiger partial charge in [-0.1, -0.05) is 25.7 Å². The van der Waals surface area contributed by atoms with Gasteiger partial charge in [-0.05, 0) is 48.0 Å². The zero-order chi connectivity index (χ0) is 16.2. The fourth-order valence-electron chi connectivity index (χ4n) is 3.98. The minimum atomic E-state index is 0.0163. The molecule has 2 amide bonds. The molecule has 0 aromatic carbocycles. The zero-order valence-electron chi connectivity index (χ0n) is 13.9. The third kappa shape index (κ3) is 4.49. The average Bonchev–Trinajstić information content (AvgIpc) is 2.87. The van der Waals surface area contributed by atoms with E-state index in [0.717, 1.165) is 48.7 Å². The Morgan fingerprint density at radius 1 is 1.13 bits per heavy atom. The molecule has 2 aliphatic carbocycles. The summed E-state index contributed by atoms with van der Waals surface area (Å²) >= 11 is 3.61. The molecule has 2 unspecified atom stereocenters. The number of urea groups is 1. The zero-order valence-corrected chi connectivity index (χ0v) is 15.4. The van der Waals surface area contributed by atoms with Gasteiger partial charge in [0.25, 0.3) is 0 Å². The van der Waals surface area contributed by atoms with Crippen LogP contribution >= 0.6 is 15.9 Å². The quantitative estimate of drug-likeness (QED) is 0.833. The van der Waals surface area contributed by atoms with Crippen LogP contribution in [0.5, 0.6) is 0 Å². The van der Waals surface area contributed by atoms with Gasteiger partial charge in [0.2, 0.25) is 0 Å². The molecule has 2 fully saturated rings. The highest BCUT2D eigenvalue weighted by Gasteiger charge is 2.28. The van der Waals surface area contributed by atoms with Crippen LogP contribution in [0.1, 0.15) is 69.4 Å². The van der Waals surface area contributed by atoms with Crippen LogP contribution in [0.25, 0.3) is 0 Å². The summed E-state index contributed by atoms with van der Waals surface area (Å²) < 4.78 is 2.93. The van der Waals surface area contributed by atoms with Crippen molar-refractivity contribution in [1.82, 2.24) is 20.4 Å². The summed E-state index contributed by atoms with van der Waals surface area (Å²) in [6.45, 7) is 0. The van der Waals surface area contributed by atoms with E-state index >= 15 is 0 Å². The van der Waals surface area contributed by atoms with Crippen molar-refractivity contribution in [1.29, 1.82) is 0 Å². The number of halogens is 1. The van der Waals surface area contributed by atoms with E-state index in [2.05, 4.69) is 31.7 Å². The smallest absolute Gasteiger partial charge is 0.315 e. The summed E-state index contributed by atoms with van der Waals surface area (Å²) in [4.78, 5) is 12.2. The van der Waals surface area contributed by atoms with Crippen LogP contribution in [0.15, 0.2) is 10.7 Å². The Balaban J connectivity index is 1.52. The number of rotatable bonds is 3. The lowest BCUT2D eigenvalue weighted by atomic mass is 9.84. The van der Waals surface area contributed by atoms with Crippen molar-refractivity contribution in [3.63, 3.8) is 0 Å². The highest BCUT2D eigenvalue weighted by Crippen LogP contribution is 2.35. The fraction of sp³-hybridized carbons (Fsp3) is 0.765. The van der Waals surface area contributed by atoms with E-state index in [-0.39, 0.29) is 12.1 Å². The van der Waals surface area contributed by atoms with Gasteiger partial charge in [-0.2, -0.15) is 5.10 Å². The molecule has 0 spiro atoms. The summed E-state index contributed by atoms with van der Waals surface area (Å²) in [5.74, 6) is 0.430. The highest BCUT2D eigenvalue weighted by atomic mass is 79.9. The molecule has 1 aromatic heterocycles. The lowest BCUT2D eigenvalue weighted by molar-refractivity contribution is 0.222. The minimum absolute atomic E-state index is 0.0163. The predicted octanol–water partition coefficient (Wildman–Crippen LogP) is 3.84. The minimum Gasteiger partial charge on any atom is -0.335 e. The van der Waals surface area contributed by atoms with Crippen LogP contribution in [0, 0.1) is 0 Å². The van der Waals surface area contributed by atoms with Crippen molar-refractivity contribution < 1.29 is 4.79 Å². The van der Waals surface area contributed by atoms with Crippen molar-refractivity contribution in [2.24, 2.45) is 7.05 Å². The molecule has 2 atom stereocenters. The maximum absolute atomic E-state index is 12.2. The van der Waals surface area contributed by atoms with Crippen molar-refractivity contribution >= 4 is 22.0 Å². The summed E-state index contributed by atoms with van der Waals surface area (Å²) in [7, 11) is 1.95. The molecule has 2 aliphatic rings. The van der Waals surface area contributed by atoms with E-state index in [4.69, 9.17) is 0 Å². The number of hydrogen-bond donors (Lipinski definition) is 2. The molecule has 2 N–H and O–H groups in total. The molecule has 0 aliphatic heterocycles. The van der Waals surface area contributed by atoms with Crippen LogP contribution in [-0.4, -0.2) is 27.9 Å². The maximum Gasteiger partial charge on any atom is 0.315 e. The lowest BCUT2D eigenvalue weighted by Crippen LogP contribution is -2.47. The van der Waals surface area contributed by atoms with Gasteiger partial charge in [0.1, 0.15) is 0 Å². The Kier molecular flexibility index (Phi) is 5.62. The molecule has 5 nitrogen and oxygen atoms in total. The molecule has 0 saturated heterocycles. The van der Waals surface area contributed by atoms with Crippen LogP contribution in [0.4, 0.5) is 4.79 Å². The van der Waals surface area contributed by atoms with Gasteiger partial charge in [0, 0.05) is 31.2 Å². The number of nitrogens with zero attached hydrogens (tertiary/aromatic N) is 2. The molecule has 1 aromatic rings. The molecule has 1 heterocycles. The SMILES string of the molecule is Cn1cc(Br)c(C2CCCC(NC(=O)NC3CCCCC3)C2)n1. The van der Waals surface area contributed by atoms with Crippen molar-refractivity contribution in [3.05, 3.63) is 16.4 Å². The Hall–Kier alpha value is -1.04. The molecule has 2 saturated carbocycles. The fourth-order valence-corrected chi connectivity index (χ4v) is 4.68. The van der Waals surface area contributed by atoms with Gasteiger partial charge >= 0.3 is 6.03 Å². The van der Waals surface area contributed by atoms with Crippen LogP contribution in [0.2, 0.25) is 0 Å². The number of carbonyl (C=O) groups is 1. The van der Waals surface area contributed by atoms with Crippen LogP contribution < -0.4 is 10.6 Å². The first-order valence-electron chi connectivity index (χ1n) is 8.88. The van der Waals surface area contributed by atoms with E-state index in [9.17, 15) is 4.79 Å². The summed E-state index contributed by atoms with van der Waals surface area (Å²) in [5.41, 5.74) is 1.13. The molecular weight excluding hydrogens is 356 g/mol. The first-order valence-corrected chi connectivity index (χ1v) is 9.67. The third-order valence-electron chi connectivity index (χ3n) is 5.15. The Bertz CT molecular complexity index is 539. The monoisotopic (exact) mass is 382 g/mol. The normalized spacial score (nSPS) is 26.0. The summed E-state index contributed by atoms with van der Waals surface area (Å²) in [6, 6.07) is 0.641. The van der Waals surface area contributed by atoms with Gasteiger partial charge in [0.05, 0.1) is 10.2 Å².